The molecule has 86 valence electrons. The molecule has 0 atom stereocenters. The van der Waals surface area contributed by atoms with Crippen molar-refractivity contribution in [2.45, 2.75) is 58.3 Å². The molecule has 0 bridgehead atoms. The van der Waals surface area contributed by atoms with Gasteiger partial charge >= 0.3 is 29.6 Å². The van der Waals surface area contributed by atoms with E-state index in [2.05, 4.69) is 6.92 Å². The normalized spacial score (nSPS) is 11.1. The van der Waals surface area contributed by atoms with Gasteiger partial charge in [0.2, 0.25) is 0 Å². The summed E-state index contributed by atoms with van der Waals surface area (Å²) >= 11 is 0. The minimum atomic E-state index is -3.73. The average Bonchev–Trinajstić information content (AvgIpc) is 2.08. The first-order chi connectivity index (χ1) is 6.56. The van der Waals surface area contributed by atoms with Gasteiger partial charge in [0.05, 0.1) is 5.75 Å². The summed E-state index contributed by atoms with van der Waals surface area (Å²) in [6, 6.07) is 0. The first kappa shape index (κ1) is 18.3. The predicted octanol–water partition coefficient (Wildman–Crippen LogP) is 0.0189. The van der Waals surface area contributed by atoms with E-state index in [9.17, 15) is 8.42 Å². The molecular weight excluding hydrogens is 223 g/mol. The summed E-state index contributed by atoms with van der Waals surface area (Å²) in [6.07, 6.45) is 8.85. The molecule has 15 heavy (non-hydrogen) atoms. The van der Waals surface area contributed by atoms with Crippen molar-refractivity contribution in [1.82, 2.24) is 0 Å². The van der Waals surface area contributed by atoms with Gasteiger partial charge in [-0.05, 0) is 6.42 Å². The van der Waals surface area contributed by atoms with Crippen LogP contribution in [0.3, 0.4) is 0 Å². The van der Waals surface area contributed by atoms with Gasteiger partial charge in [-0.15, -0.1) is 0 Å². The van der Waals surface area contributed by atoms with Crippen LogP contribution in [0.15, 0.2) is 0 Å². The molecule has 0 saturated carbocycles. The zero-order valence-corrected chi connectivity index (χ0v) is 12.9. The maximum Gasteiger partial charge on any atom is 1.00 e. The summed E-state index contributed by atoms with van der Waals surface area (Å²) < 4.78 is 29.2. The molecule has 0 radical (unpaired) electrons. The van der Waals surface area contributed by atoms with E-state index >= 15 is 0 Å². The molecule has 0 unspecified atom stereocenters. The Bertz CT molecular complexity index is 215. The Balaban J connectivity index is 0. The van der Waals surface area contributed by atoms with Gasteiger partial charge in [-0.25, -0.2) is 0 Å². The van der Waals surface area contributed by atoms with Crippen LogP contribution < -0.4 is 29.6 Å². The fourth-order valence-electron chi connectivity index (χ4n) is 1.42. The summed E-state index contributed by atoms with van der Waals surface area (Å²) in [5.74, 6) is -0.0814. The monoisotopic (exact) mass is 245 g/mol. The molecule has 1 N–H and O–H groups in total. The van der Waals surface area contributed by atoms with Crippen LogP contribution >= 0.6 is 0 Å². The number of unbranched alkanes of at least 4 members (excludes halogenated alkanes) is 7. The van der Waals surface area contributed by atoms with E-state index < -0.39 is 10.1 Å². The Morgan fingerprint density at radius 3 is 1.67 bits per heavy atom. The molecule has 0 heterocycles. The van der Waals surface area contributed by atoms with Crippen LogP contribution in [0.25, 0.3) is 0 Å². The third-order valence-corrected chi connectivity index (χ3v) is 3.06. The first-order valence-electron chi connectivity index (χ1n) is 5.51. The zero-order chi connectivity index (χ0) is 10.9. The molecule has 0 rings (SSSR count). The molecule has 0 spiro atoms. The van der Waals surface area contributed by atoms with Crippen LogP contribution in [0, 0.1) is 0 Å². The Labute approximate surface area is 116 Å². The number of rotatable bonds is 9. The smallest absolute Gasteiger partial charge is 0.286 e. The molecule has 0 fully saturated rings. The Kier molecular flexibility index (Phi) is 13.9. The summed E-state index contributed by atoms with van der Waals surface area (Å²) in [5.41, 5.74) is 0. The molecule has 0 aromatic carbocycles. The third-order valence-electron chi connectivity index (χ3n) is 2.26. The summed E-state index contributed by atoms with van der Waals surface area (Å²) in [4.78, 5) is 0. The van der Waals surface area contributed by atoms with Crippen LogP contribution in [-0.4, -0.2) is 18.7 Å². The van der Waals surface area contributed by atoms with Gasteiger partial charge in [0.1, 0.15) is 0 Å². The summed E-state index contributed by atoms with van der Waals surface area (Å²) in [6.45, 7) is 2.19. The fraction of sp³-hybridized carbons (Fsp3) is 1.00. The minimum absolute atomic E-state index is 0. The zero-order valence-electron chi connectivity index (χ0n) is 10.0. The molecular formula is C10H22NaO3S+. The fourth-order valence-corrected chi connectivity index (χ4v) is 1.99. The predicted molar refractivity (Wildman–Crippen MR) is 59.0 cm³/mol. The van der Waals surface area contributed by atoms with E-state index in [0.717, 1.165) is 12.8 Å². The van der Waals surface area contributed by atoms with E-state index in [4.69, 9.17) is 4.55 Å². The van der Waals surface area contributed by atoms with E-state index in [-0.39, 0.29) is 35.3 Å². The van der Waals surface area contributed by atoms with Gasteiger partial charge < -0.3 is 0 Å². The Hall–Kier alpha value is 0.910. The van der Waals surface area contributed by atoms with Crippen LogP contribution in [0.2, 0.25) is 0 Å². The quantitative estimate of drug-likeness (QED) is 0.354. The number of hydrogen-bond acceptors (Lipinski definition) is 2. The largest absolute Gasteiger partial charge is 1.00 e. The molecule has 0 aromatic rings. The molecule has 0 saturated heterocycles. The van der Waals surface area contributed by atoms with Gasteiger partial charge in [0.25, 0.3) is 10.1 Å². The minimum Gasteiger partial charge on any atom is -0.286 e. The van der Waals surface area contributed by atoms with Gasteiger partial charge in [-0.2, -0.15) is 8.42 Å². The van der Waals surface area contributed by atoms with Crippen LogP contribution in [0.1, 0.15) is 58.3 Å². The molecule has 5 heteroatoms. The van der Waals surface area contributed by atoms with Crippen molar-refractivity contribution in [2.75, 3.05) is 5.75 Å². The van der Waals surface area contributed by atoms with Gasteiger partial charge in [0.15, 0.2) is 0 Å². The van der Waals surface area contributed by atoms with Crippen molar-refractivity contribution in [3.63, 3.8) is 0 Å². The second kappa shape index (κ2) is 11.4. The molecule has 0 aliphatic rings. The van der Waals surface area contributed by atoms with Crippen LogP contribution in [0.4, 0.5) is 0 Å². The summed E-state index contributed by atoms with van der Waals surface area (Å²) in [7, 11) is -3.73. The van der Waals surface area contributed by atoms with Crippen molar-refractivity contribution in [3.05, 3.63) is 0 Å². The maximum absolute atomic E-state index is 10.4. The second-order valence-electron chi connectivity index (χ2n) is 3.76. The Morgan fingerprint density at radius 2 is 1.27 bits per heavy atom. The van der Waals surface area contributed by atoms with Gasteiger partial charge in [-0.3, -0.25) is 4.55 Å². The van der Waals surface area contributed by atoms with E-state index in [0.29, 0.717) is 6.42 Å². The van der Waals surface area contributed by atoms with Crippen molar-refractivity contribution in [2.24, 2.45) is 0 Å². The van der Waals surface area contributed by atoms with Gasteiger partial charge in [0, 0.05) is 0 Å². The average molecular weight is 245 g/mol. The third kappa shape index (κ3) is 17.5. The van der Waals surface area contributed by atoms with Gasteiger partial charge in [-0.1, -0.05) is 51.9 Å². The molecule has 0 aliphatic heterocycles. The topological polar surface area (TPSA) is 54.4 Å². The van der Waals surface area contributed by atoms with Crippen molar-refractivity contribution >= 4 is 10.1 Å². The van der Waals surface area contributed by atoms with E-state index in [1.165, 1.54) is 32.1 Å². The molecule has 0 aromatic heterocycles. The molecule has 3 nitrogen and oxygen atoms in total. The summed E-state index contributed by atoms with van der Waals surface area (Å²) in [5, 5.41) is 0. The standard InChI is InChI=1S/C10H22O3S.Na/c1-2-3-4-5-6-7-8-9-10-14(11,12)13;/h2-10H2,1H3,(H,11,12,13);/q;+1. The maximum atomic E-state index is 10.4. The Morgan fingerprint density at radius 1 is 0.867 bits per heavy atom. The second-order valence-corrected chi connectivity index (χ2v) is 5.33. The van der Waals surface area contributed by atoms with Crippen molar-refractivity contribution < 1.29 is 42.5 Å². The first-order valence-corrected chi connectivity index (χ1v) is 7.12. The van der Waals surface area contributed by atoms with E-state index in [1.807, 2.05) is 0 Å². The number of hydrogen-bond donors (Lipinski definition) is 1. The van der Waals surface area contributed by atoms with Crippen molar-refractivity contribution in [1.29, 1.82) is 0 Å². The molecule has 0 aliphatic carbocycles. The SMILES string of the molecule is CCCCCCCCCCS(=O)(=O)O.[Na+]. The van der Waals surface area contributed by atoms with Crippen LogP contribution in [0.5, 0.6) is 0 Å². The van der Waals surface area contributed by atoms with Crippen molar-refractivity contribution in [3.8, 4) is 0 Å². The van der Waals surface area contributed by atoms with E-state index in [1.54, 1.807) is 0 Å². The molecule has 0 amide bonds. The van der Waals surface area contributed by atoms with Crippen LogP contribution in [-0.2, 0) is 10.1 Å².